The molecule has 1 rings (SSSR count). The molecule has 0 heterocycles. The summed E-state index contributed by atoms with van der Waals surface area (Å²) in [6.07, 6.45) is 109. The monoisotopic (exact) mass is 1540 g/mol. The highest BCUT2D eigenvalue weighted by Crippen LogP contribution is 2.41. The van der Waals surface area contributed by atoms with Gasteiger partial charge in [-0.25, -0.2) is 0 Å². The van der Waals surface area contributed by atoms with Gasteiger partial charge in [0.1, 0.15) is 6.54 Å². The van der Waals surface area contributed by atoms with Crippen LogP contribution in [-0.2, 0) is 6.54 Å². The summed E-state index contributed by atoms with van der Waals surface area (Å²) in [5.41, 5.74) is 1.44. The number of rotatable bonds is 89. The highest BCUT2D eigenvalue weighted by atomic mass is 127. The van der Waals surface area contributed by atoms with E-state index in [0.717, 1.165) is 62.9 Å². The lowest BCUT2D eigenvalue weighted by Gasteiger charge is -2.40. The number of ether oxygens (including phenoxy) is 3. The van der Waals surface area contributed by atoms with Gasteiger partial charge < -0.3 is 42.7 Å². The molecular formula is C97H190INO3. The fourth-order valence-electron chi connectivity index (χ4n) is 16.3. The minimum atomic E-state index is 0. The topological polar surface area (TPSA) is 27.7 Å². The van der Waals surface area contributed by atoms with Gasteiger partial charge in [0, 0.05) is 5.56 Å². The van der Waals surface area contributed by atoms with E-state index in [4.69, 9.17) is 14.2 Å². The van der Waals surface area contributed by atoms with Crippen molar-refractivity contribution in [2.45, 2.75) is 549 Å². The van der Waals surface area contributed by atoms with Crippen molar-refractivity contribution in [2.24, 2.45) is 0 Å². The van der Waals surface area contributed by atoms with Crippen LogP contribution in [0.4, 0.5) is 0 Å². The number of hydrogen-bond acceptors (Lipinski definition) is 3. The van der Waals surface area contributed by atoms with E-state index in [1.165, 1.54) is 511 Å². The van der Waals surface area contributed by atoms with Crippen LogP contribution in [0.25, 0.3) is 0 Å². The van der Waals surface area contributed by atoms with Gasteiger partial charge in [0.2, 0.25) is 5.75 Å². The minimum Gasteiger partial charge on any atom is -1.00 e. The van der Waals surface area contributed by atoms with Crippen LogP contribution in [0.1, 0.15) is 548 Å². The standard InChI is InChI=1S/C97H190NO3.HI/c1-7-13-19-25-31-37-43-46-49-52-55-58-61-67-73-79-85-98(86-80-74-68-62-59-56-53-50-47-44-38-32-26-20-14-8-2,87-81-75-69-63-60-57-54-51-48-45-39-33-27-21-15-9-3)93-94-91-95(99-88-82-76-70-64-40-34-28-22-16-10-4)97(101-90-84-78-72-66-42-36-30-24-18-12-6)96(92-94)100-89-83-77-71-65-41-35-29-23-17-11-5;/h91-92H,7-90,93H2,1-6H3;1H/q+1;/p-1. The van der Waals surface area contributed by atoms with Crippen LogP contribution in [-0.4, -0.2) is 43.9 Å². The van der Waals surface area contributed by atoms with Crippen LogP contribution >= 0.6 is 0 Å². The smallest absolute Gasteiger partial charge is 0.203 e. The molecule has 0 spiro atoms. The zero-order valence-corrected chi connectivity index (χ0v) is 73.5. The molecule has 0 saturated carbocycles. The Labute approximate surface area is 661 Å². The van der Waals surface area contributed by atoms with E-state index in [1.807, 2.05) is 0 Å². The highest BCUT2D eigenvalue weighted by molar-refractivity contribution is 5.54. The van der Waals surface area contributed by atoms with Gasteiger partial charge in [0.05, 0.1) is 39.5 Å². The van der Waals surface area contributed by atoms with Crippen LogP contribution in [0.5, 0.6) is 17.2 Å². The second-order valence-electron chi connectivity index (χ2n) is 33.6. The first-order chi connectivity index (χ1) is 50.1. The van der Waals surface area contributed by atoms with Gasteiger partial charge in [0.25, 0.3) is 0 Å². The zero-order valence-electron chi connectivity index (χ0n) is 71.3. The lowest BCUT2D eigenvalue weighted by Crippen LogP contribution is -3.00. The molecule has 0 atom stereocenters. The van der Waals surface area contributed by atoms with E-state index in [1.54, 1.807) is 0 Å². The fraction of sp³-hybridized carbons (Fsp3) is 0.938. The Morgan fingerprint density at radius 3 is 0.510 bits per heavy atom. The maximum Gasteiger partial charge on any atom is 0.203 e. The number of hydrogen-bond donors (Lipinski definition) is 0. The van der Waals surface area contributed by atoms with Crippen LogP contribution in [0.2, 0.25) is 0 Å². The Bertz CT molecular complexity index is 1570. The summed E-state index contributed by atoms with van der Waals surface area (Å²) in [5.74, 6) is 2.87. The molecule has 608 valence electrons. The third-order valence-electron chi connectivity index (χ3n) is 23.3. The molecule has 4 nitrogen and oxygen atoms in total. The Hall–Kier alpha value is -0.690. The van der Waals surface area contributed by atoms with Crippen LogP contribution in [0, 0.1) is 0 Å². The van der Waals surface area contributed by atoms with Crippen molar-refractivity contribution in [3.8, 4) is 17.2 Å². The van der Waals surface area contributed by atoms with Crippen molar-refractivity contribution in [2.75, 3.05) is 39.5 Å². The van der Waals surface area contributed by atoms with Gasteiger partial charge in [-0.1, -0.05) is 485 Å². The minimum absolute atomic E-state index is 0. The summed E-state index contributed by atoms with van der Waals surface area (Å²) in [6, 6.07) is 5.00. The summed E-state index contributed by atoms with van der Waals surface area (Å²) < 4.78 is 22.6. The molecule has 0 unspecified atom stereocenters. The summed E-state index contributed by atoms with van der Waals surface area (Å²) >= 11 is 0. The van der Waals surface area contributed by atoms with Gasteiger partial charge in [0.15, 0.2) is 11.5 Å². The SMILES string of the molecule is CCCCCCCCCCCCCCCCCC[N+](CCCCCCCCCCCCCCCCCC)(CCCCCCCCCCCCCCCCCC)Cc1cc(OCCCCCCCCCCCC)c(OCCCCCCCCCCCC)c(OCCCCCCCCCCCC)c1.[I-]. The lowest BCUT2D eigenvalue weighted by atomic mass is 10.0. The Balaban J connectivity index is 0.000102. The van der Waals surface area contributed by atoms with Crippen LogP contribution < -0.4 is 38.2 Å². The predicted molar refractivity (Wildman–Crippen MR) is 456 cm³/mol. The number of benzene rings is 1. The highest BCUT2D eigenvalue weighted by Gasteiger charge is 2.29. The molecule has 0 saturated heterocycles. The van der Waals surface area contributed by atoms with E-state index < -0.39 is 0 Å². The van der Waals surface area contributed by atoms with Gasteiger partial charge in [-0.2, -0.15) is 0 Å². The first-order valence-corrected chi connectivity index (χ1v) is 48.0. The lowest BCUT2D eigenvalue weighted by molar-refractivity contribution is -0.941. The first kappa shape index (κ1) is 101. The summed E-state index contributed by atoms with van der Waals surface area (Å²) in [4.78, 5) is 0. The van der Waals surface area contributed by atoms with Crippen molar-refractivity contribution >= 4 is 0 Å². The van der Waals surface area contributed by atoms with Gasteiger partial charge >= 0.3 is 0 Å². The van der Waals surface area contributed by atoms with E-state index in [2.05, 4.69) is 53.7 Å². The molecule has 0 bridgehead atoms. The third kappa shape index (κ3) is 71.0. The Morgan fingerprint density at radius 1 is 0.186 bits per heavy atom. The predicted octanol–water partition coefficient (Wildman–Crippen LogP) is 31.7. The number of halogens is 1. The molecule has 0 aromatic heterocycles. The van der Waals surface area contributed by atoms with Crippen molar-refractivity contribution in [3.05, 3.63) is 17.7 Å². The molecule has 0 aliphatic rings. The number of nitrogens with zero attached hydrogens (tertiary/aromatic N) is 1. The van der Waals surface area contributed by atoms with E-state index >= 15 is 0 Å². The third-order valence-corrected chi connectivity index (χ3v) is 23.3. The number of quaternary nitrogens is 1. The van der Waals surface area contributed by atoms with Gasteiger partial charge in [-0.05, 0) is 69.9 Å². The molecule has 1 aromatic rings. The van der Waals surface area contributed by atoms with E-state index in [0.29, 0.717) is 0 Å². The molecule has 0 radical (unpaired) electrons. The largest absolute Gasteiger partial charge is 1.00 e. The summed E-state index contributed by atoms with van der Waals surface area (Å²) in [5, 5.41) is 0. The fourth-order valence-corrected chi connectivity index (χ4v) is 16.3. The molecular weight excluding hydrogens is 1350 g/mol. The molecule has 0 aliphatic carbocycles. The average molecular weight is 1550 g/mol. The molecule has 5 heteroatoms. The average Bonchev–Trinajstić information content (AvgIpc) is 0.807. The maximum atomic E-state index is 7.13. The molecule has 0 aliphatic heterocycles. The summed E-state index contributed by atoms with van der Waals surface area (Å²) in [7, 11) is 0. The molecule has 0 amide bonds. The Kier molecular flexibility index (Phi) is 85.3. The van der Waals surface area contributed by atoms with Crippen molar-refractivity contribution in [3.63, 3.8) is 0 Å². The molecule has 102 heavy (non-hydrogen) atoms. The van der Waals surface area contributed by atoms with Crippen LogP contribution in [0.15, 0.2) is 12.1 Å². The van der Waals surface area contributed by atoms with Gasteiger partial charge in [-0.15, -0.1) is 0 Å². The van der Waals surface area contributed by atoms with Gasteiger partial charge in [-0.3, -0.25) is 0 Å². The normalized spacial score (nSPS) is 11.7. The maximum absolute atomic E-state index is 7.13. The Morgan fingerprint density at radius 2 is 0.333 bits per heavy atom. The zero-order chi connectivity index (χ0) is 72.4. The van der Waals surface area contributed by atoms with Crippen molar-refractivity contribution < 1.29 is 42.7 Å². The first-order valence-electron chi connectivity index (χ1n) is 48.0. The van der Waals surface area contributed by atoms with E-state index in [9.17, 15) is 0 Å². The number of unbranched alkanes of at least 4 members (excludes halogenated alkanes) is 72. The second kappa shape index (κ2) is 85.9. The second-order valence-corrected chi connectivity index (χ2v) is 33.6. The van der Waals surface area contributed by atoms with E-state index in [-0.39, 0.29) is 24.0 Å². The summed E-state index contributed by atoms with van der Waals surface area (Å²) in [6.45, 7) is 21.3. The molecule has 1 aromatic carbocycles. The molecule has 0 fully saturated rings. The molecule has 0 N–H and O–H groups in total. The van der Waals surface area contributed by atoms with Crippen molar-refractivity contribution in [1.29, 1.82) is 0 Å². The van der Waals surface area contributed by atoms with Crippen molar-refractivity contribution in [1.82, 2.24) is 0 Å². The quantitative estimate of drug-likeness (QED) is 0.0370. The van der Waals surface area contributed by atoms with Crippen LogP contribution in [0.3, 0.4) is 0 Å².